The van der Waals surface area contributed by atoms with Crippen LogP contribution in [0.2, 0.25) is 0 Å². The van der Waals surface area contributed by atoms with Crippen LogP contribution in [0, 0.1) is 5.92 Å². The van der Waals surface area contributed by atoms with Crippen molar-refractivity contribution in [2.24, 2.45) is 5.92 Å². The smallest absolute Gasteiger partial charge is 0.331 e. The van der Waals surface area contributed by atoms with E-state index in [0.717, 1.165) is 38.6 Å². The summed E-state index contributed by atoms with van der Waals surface area (Å²) >= 11 is 0. The fourth-order valence-corrected chi connectivity index (χ4v) is 3.63. The number of carbonyl (C=O) groups excluding carboxylic acids is 2. The average molecular weight is 410 g/mol. The highest BCUT2D eigenvalue weighted by molar-refractivity contribution is 5.90. The van der Waals surface area contributed by atoms with E-state index in [-0.39, 0.29) is 35.9 Å². The largest absolute Gasteiger partial charge is 0.478 e. The maximum atomic E-state index is 13.2. The fourth-order valence-electron chi connectivity index (χ4n) is 3.63. The molecule has 0 saturated carbocycles. The molecule has 7 nitrogen and oxygen atoms in total. The van der Waals surface area contributed by atoms with Crippen molar-refractivity contribution in [1.82, 2.24) is 15.1 Å². The van der Waals surface area contributed by atoms with Crippen LogP contribution in [0.15, 0.2) is 11.6 Å². The quantitative estimate of drug-likeness (QED) is 0.572. The first-order valence-electron chi connectivity index (χ1n) is 10.8. The van der Waals surface area contributed by atoms with E-state index in [1.165, 1.54) is 17.9 Å². The van der Waals surface area contributed by atoms with Gasteiger partial charge in [-0.15, -0.1) is 0 Å². The van der Waals surface area contributed by atoms with E-state index >= 15 is 0 Å². The van der Waals surface area contributed by atoms with Gasteiger partial charge in [-0.25, -0.2) is 4.79 Å². The van der Waals surface area contributed by atoms with Crippen LogP contribution < -0.4 is 5.32 Å². The summed E-state index contributed by atoms with van der Waals surface area (Å²) in [6.45, 7) is 10.7. The summed E-state index contributed by atoms with van der Waals surface area (Å²) in [5.74, 6) is -1.35. The predicted octanol–water partition coefficient (Wildman–Crippen LogP) is 2.66. The average Bonchev–Trinajstić information content (AvgIpc) is 2.94. The molecule has 1 aliphatic rings. The second kappa shape index (κ2) is 12.0. The number of rotatable bonds is 9. The van der Waals surface area contributed by atoms with Crippen LogP contribution in [0.3, 0.4) is 0 Å². The number of hydrogen-bond acceptors (Lipinski definition) is 4. The Hall–Kier alpha value is -1.89. The number of aliphatic carboxylic acids is 1. The molecule has 2 amide bonds. The van der Waals surface area contributed by atoms with Crippen LogP contribution in [0.4, 0.5) is 0 Å². The molecule has 7 heteroatoms. The second-order valence-corrected chi connectivity index (χ2v) is 8.50. The third kappa shape index (κ3) is 7.46. The normalized spacial score (nSPS) is 20.7. The third-order valence-corrected chi connectivity index (χ3v) is 5.87. The van der Waals surface area contributed by atoms with Gasteiger partial charge >= 0.3 is 5.97 Å². The number of amides is 2. The van der Waals surface area contributed by atoms with E-state index < -0.39 is 12.0 Å². The third-order valence-electron chi connectivity index (χ3n) is 5.87. The molecule has 3 atom stereocenters. The van der Waals surface area contributed by atoms with Crippen molar-refractivity contribution in [1.29, 1.82) is 0 Å². The maximum absolute atomic E-state index is 13.2. The summed E-state index contributed by atoms with van der Waals surface area (Å²) in [6, 6.07) is -0.516. The van der Waals surface area contributed by atoms with Gasteiger partial charge < -0.3 is 15.3 Å². The van der Waals surface area contributed by atoms with Crippen molar-refractivity contribution < 1.29 is 19.5 Å². The van der Waals surface area contributed by atoms with Gasteiger partial charge in [0, 0.05) is 25.2 Å². The minimum Gasteiger partial charge on any atom is -0.478 e. The molecule has 29 heavy (non-hydrogen) atoms. The number of hydrogen-bond donors (Lipinski definition) is 2. The van der Waals surface area contributed by atoms with Crippen molar-refractivity contribution >= 4 is 17.8 Å². The first-order chi connectivity index (χ1) is 13.6. The SMILES string of the molecule is CCC(C)N1CCCCCC1C(=O)NC(C(=O)N(C)C/C=C(\C)C(=O)O)C(C)C. The highest BCUT2D eigenvalue weighted by Gasteiger charge is 2.34. The lowest BCUT2D eigenvalue weighted by Gasteiger charge is -2.35. The van der Waals surface area contributed by atoms with Gasteiger partial charge in [0.2, 0.25) is 11.8 Å². The molecule has 1 aliphatic heterocycles. The summed E-state index contributed by atoms with van der Waals surface area (Å²) in [4.78, 5) is 40.8. The summed E-state index contributed by atoms with van der Waals surface area (Å²) < 4.78 is 0. The Morgan fingerprint density at radius 3 is 2.41 bits per heavy atom. The Kier molecular flexibility index (Phi) is 10.4. The van der Waals surface area contributed by atoms with Crippen LogP contribution in [-0.2, 0) is 14.4 Å². The standard InChI is InChI=1S/C22H39N3O4/c1-7-17(5)25-13-10-8-9-11-18(25)20(26)23-19(15(2)3)21(27)24(6)14-12-16(4)22(28)29/h12,15,17-19H,7-11,13-14H2,1-6H3,(H,23,26)(H,28,29)/b16-12+. The molecular weight excluding hydrogens is 370 g/mol. The molecule has 1 rings (SSSR count). The van der Waals surface area contributed by atoms with E-state index in [9.17, 15) is 14.4 Å². The zero-order chi connectivity index (χ0) is 22.1. The van der Waals surface area contributed by atoms with Crippen molar-refractivity contribution in [2.45, 2.75) is 84.8 Å². The number of nitrogens with one attached hydrogen (secondary N) is 1. The molecule has 1 saturated heterocycles. The number of carboxylic acid groups (broad SMARTS) is 1. The van der Waals surface area contributed by atoms with Crippen LogP contribution in [0.25, 0.3) is 0 Å². The molecule has 3 unspecified atom stereocenters. The number of carbonyl (C=O) groups is 3. The van der Waals surface area contributed by atoms with Crippen LogP contribution in [0.5, 0.6) is 0 Å². The summed E-state index contributed by atoms with van der Waals surface area (Å²) in [7, 11) is 1.63. The zero-order valence-corrected chi connectivity index (χ0v) is 18.9. The Labute approximate surface area is 175 Å². The molecule has 0 aromatic rings. The number of likely N-dealkylation sites (tertiary alicyclic amines) is 1. The molecule has 0 spiro atoms. The topological polar surface area (TPSA) is 90.0 Å². The van der Waals surface area contributed by atoms with Crippen LogP contribution >= 0.6 is 0 Å². The lowest BCUT2D eigenvalue weighted by Crippen LogP contribution is -2.56. The van der Waals surface area contributed by atoms with Crippen molar-refractivity contribution in [3.8, 4) is 0 Å². The summed E-state index contributed by atoms with van der Waals surface area (Å²) in [5.41, 5.74) is 0.192. The highest BCUT2D eigenvalue weighted by atomic mass is 16.4. The molecular formula is C22H39N3O4. The zero-order valence-electron chi connectivity index (χ0n) is 18.9. The lowest BCUT2D eigenvalue weighted by molar-refractivity contribution is -0.138. The molecule has 0 radical (unpaired) electrons. The van der Waals surface area contributed by atoms with Gasteiger partial charge in [0.05, 0.1) is 6.04 Å². The summed E-state index contributed by atoms with van der Waals surface area (Å²) in [5, 5.41) is 12.0. The van der Waals surface area contributed by atoms with Gasteiger partial charge in [0.1, 0.15) is 6.04 Å². The number of nitrogens with zero attached hydrogens (tertiary/aromatic N) is 2. The van der Waals surface area contributed by atoms with Gasteiger partial charge in [-0.2, -0.15) is 0 Å². The minimum absolute atomic E-state index is 0.0683. The van der Waals surface area contributed by atoms with Crippen molar-refractivity contribution in [2.75, 3.05) is 20.1 Å². The Balaban J connectivity index is 2.90. The van der Waals surface area contributed by atoms with Crippen molar-refractivity contribution in [3.05, 3.63) is 11.6 Å². The number of likely N-dealkylation sites (N-methyl/N-ethyl adjacent to an activating group) is 1. The Morgan fingerprint density at radius 2 is 1.86 bits per heavy atom. The maximum Gasteiger partial charge on any atom is 0.331 e. The molecule has 1 fully saturated rings. The molecule has 1 heterocycles. The van der Waals surface area contributed by atoms with E-state index in [1.807, 2.05) is 13.8 Å². The molecule has 0 aromatic heterocycles. The molecule has 0 aromatic carbocycles. The molecule has 0 bridgehead atoms. The lowest BCUT2D eigenvalue weighted by atomic mass is 10.0. The molecule has 2 N–H and O–H groups in total. The van der Waals surface area contributed by atoms with Crippen molar-refractivity contribution in [3.63, 3.8) is 0 Å². The first kappa shape index (κ1) is 25.1. The van der Waals surface area contributed by atoms with Gasteiger partial charge in [-0.3, -0.25) is 14.5 Å². The van der Waals surface area contributed by atoms with E-state index in [2.05, 4.69) is 24.1 Å². The minimum atomic E-state index is -1.00. The fraction of sp³-hybridized carbons (Fsp3) is 0.773. The summed E-state index contributed by atoms with van der Waals surface area (Å²) in [6.07, 6.45) is 6.54. The van der Waals surface area contributed by atoms with Gasteiger partial charge in [-0.05, 0) is 45.6 Å². The highest BCUT2D eigenvalue weighted by Crippen LogP contribution is 2.21. The van der Waals surface area contributed by atoms with E-state index in [4.69, 9.17) is 5.11 Å². The van der Waals surface area contributed by atoms with Gasteiger partial charge in [-0.1, -0.05) is 39.7 Å². The Morgan fingerprint density at radius 1 is 1.21 bits per heavy atom. The monoisotopic (exact) mass is 409 g/mol. The molecule has 0 aliphatic carbocycles. The van der Waals surface area contributed by atoms with Gasteiger partial charge in [0.25, 0.3) is 0 Å². The van der Waals surface area contributed by atoms with Crippen LogP contribution in [-0.4, -0.2) is 71.0 Å². The predicted molar refractivity (Wildman–Crippen MR) is 115 cm³/mol. The Bertz CT molecular complexity index is 603. The van der Waals surface area contributed by atoms with Crippen LogP contribution in [0.1, 0.15) is 66.7 Å². The van der Waals surface area contributed by atoms with E-state index in [0.29, 0.717) is 6.04 Å². The molecule has 166 valence electrons. The second-order valence-electron chi connectivity index (χ2n) is 8.50. The first-order valence-corrected chi connectivity index (χ1v) is 10.8. The number of carboxylic acids is 1. The van der Waals surface area contributed by atoms with Gasteiger partial charge in [0.15, 0.2) is 0 Å². The van der Waals surface area contributed by atoms with E-state index in [1.54, 1.807) is 7.05 Å².